The second kappa shape index (κ2) is 13.1. The zero-order valence-electron chi connectivity index (χ0n) is 25.6. The number of methoxy groups -OCH3 is 1. The predicted octanol–water partition coefficient (Wildman–Crippen LogP) is 8.58. The predicted molar refractivity (Wildman–Crippen MR) is 173 cm³/mol. The van der Waals surface area contributed by atoms with Crippen molar-refractivity contribution in [1.29, 1.82) is 0 Å². The molecule has 0 saturated heterocycles. The van der Waals surface area contributed by atoms with Crippen LogP contribution in [0.5, 0.6) is 5.75 Å². The number of benzene rings is 2. The van der Waals surface area contributed by atoms with Crippen molar-refractivity contribution in [3.63, 3.8) is 0 Å². The van der Waals surface area contributed by atoms with Crippen LogP contribution in [0.15, 0.2) is 60.9 Å². The molecule has 2 aromatic carbocycles. The molecule has 10 heteroatoms. The van der Waals surface area contributed by atoms with E-state index in [0.717, 1.165) is 16.7 Å². The van der Waals surface area contributed by atoms with E-state index in [1.165, 1.54) is 17.4 Å². The maximum atomic E-state index is 14.8. The minimum atomic E-state index is -0.585. The van der Waals surface area contributed by atoms with Crippen LogP contribution < -0.4 is 4.74 Å². The molecule has 2 heterocycles. The molecule has 0 N–H and O–H groups in total. The lowest BCUT2D eigenvalue weighted by Crippen LogP contribution is -2.47. The van der Waals surface area contributed by atoms with Gasteiger partial charge in [0.15, 0.2) is 0 Å². The molecule has 2 amide bonds. The van der Waals surface area contributed by atoms with Gasteiger partial charge in [-0.1, -0.05) is 23.7 Å². The monoisotopic (exact) mass is 637 g/mol. The molecule has 0 unspecified atom stereocenters. The lowest BCUT2D eigenvalue weighted by molar-refractivity contribution is 0.0144. The van der Waals surface area contributed by atoms with Gasteiger partial charge in [0.25, 0.3) is 5.91 Å². The highest BCUT2D eigenvalue weighted by atomic mass is 35.5. The van der Waals surface area contributed by atoms with Crippen molar-refractivity contribution < 1.29 is 23.5 Å². The number of carbonyl (C=O) groups is 2. The number of thiophene rings is 1. The van der Waals surface area contributed by atoms with Gasteiger partial charge in [-0.3, -0.25) is 9.78 Å². The number of nitrogens with zero attached hydrogens (tertiary/aromatic N) is 3. The van der Waals surface area contributed by atoms with Crippen LogP contribution in [0.2, 0.25) is 5.02 Å². The molecule has 0 bridgehead atoms. The molecule has 1 aliphatic carbocycles. The Hall–Kier alpha value is -3.69. The minimum absolute atomic E-state index is 0.00961. The molecule has 0 spiro atoms. The molecular formula is C34H37ClFN3O4S. The maximum absolute atomic E-state index is 14.8. The van der Waals surface area contributed by atoms with Gasteiger partial charge in [-0.25, -0.2) is 9.18 Å². The van der Waals surface area contributed by atoms with Gasteiger partial charge >= 0.3 is 6.09 Å². The fourth-order valence-electron chi connectivity index (χ4n) is 5.76. The summed E-state index contributed by atoms with van der Waals surface area (Å²) >= 11 is 7.90. The number of rotatable bonds is 7. The van der Waals surface area contributed by atoms with Crippen LogP contribution >= 0.6 is 22.9 Å². The summed E-state index contributed by atoms with van der Waals surface area (Å²) in [7, 11) is 3.38. The van der Waals surface area contributed by atoms with Crippen molar-refractivity contribution >= 4 is 45.0 Å². The fourth-order valence-corrected chi connectivity index (χ4v) is 7.26. The van der Waals surface area contributed by atoms with Gasteiger partial charge in [-0.15, -0.1) is 11.3 Å². The number of amides is 2. The quantitative estimate of drug-likeness (QED) is 0.203. The first-order valence-electron chi connectivity index (χ1n) is 14.7. The highest BCUT2D eigenvalue weighted by Gasteiger charge is 2.35. The lowest BCUT2D eigenvalue weighted by atomic mass is 9.89. The minimum Gasteiger partial charge on any atom is -0.496 e. The van der Waals surface area contributed by atoms with Gasteiger partial charge in [-0.05, 0) is 94.0 Å². The SMILES string of the molecule is COc1ccc(-c2ccncc2)cc1CN(C(=O)c1sc2cccc(F)c2c1Cl)C1CCC(N(C)C(=O)OC(C)(C)C)CC1. The van der Waals surface area contributed by atoms with Gasteiger partial charge < -0.3 is 19.3 Å². The summed E-state index contributed by atoms with van der Waals surface area (Å²) in [4.78, 5) is 35.1. The standard InChI is InChI=1S/C34H37ClFN3O4S/c1-34(2,3)43-33(41)38(4)24-10-12-25(13-11-24)39(32(40)31-30(35)29-26(36)7-6-8-28(29)44-31)20-23-19-22(9-14-27(23)42-5)21-15-17-37-18-16-21/h6-9,14-19,24-25H,10-13,20H2,1-5H3. The summed E-state index contributed by atoms with van der Waals surface area (Å²) in [6.45, 7) is 5.82. The Kier molecular flexibility index (Phi) is 9.46. The second-order valence-electron chi connectivity index (χ2n) is 12.1. The molecular weight excluding hydrogens is 601 g/mol. The van der Waals surface area contributed by atoms with Crippen molar-refractivity contribution in [3.8, 4) is 16.9 Å². The van der Waals surface area contributed by atoms with E-state index in [-0.39, 0.29) is 41.0 Å². The van der Waals surface area contributed by atoms with Crippen molar-refractivity contribution in [2.75, 3.05) is 14.2 Å². The molecule has 0 atom stereocenters. The zero-order chi connectivity index (χ0) is 31.6. The van der Waals surface area contributed by atoms with Crippen LogP contribution in [-0.4, -0.2) is 58.6 Å². The summed E-state index contributed by atoms with van der Waals surface area (Å²) < 4.78 is 26.7. The molecule has 0 radical (unpaired) electrons. The van der Waals surface area contributed by atoms with Gasteiger partial charge in [0.2, 0.25) is 0 Å². The van der Waals surface area contributed by atoms with Crippen molar-refractivity contribution in [3.05, 3.63) is 82.2 Å². The number of carbonyl (C=O) groups excluding carboxylic acids is 2. The Balaban J connectivity index is 1.47. The number of hydrogen-bond acceptors (Lipinski definition) is 6. The van der Waals surface area contributed by atoms with E-state index in [2.05, 4.69) is 4.98 Å². The number of fused-ring (bicyclic) bond motifs is 1. The second-order valence-corrected chi connectivity index (χ2v) is 13.5. The van der Waals surface area contributed by atoms with Gasteiger partial charge in [0.1, 0.15) is 22.0 Å². The average Bonchev–Trinajstić information content (AvgIpc) is 3.36. The number of pyridine rings is 1. The molecule has 5 rings (SSSR count). The topological polar surface area (TPSA) is 72.0 Å². The van der Waals surface area contributed by atoms with E-state index < -0.39 is 11.4 Å². The third kappa shape index (κ3) is 6.84. The van der Waals surface area contributed by atoms with Crippen LogP contribution in [0.3, 0.4) is 0 Å². The first-order chi connectivity index (χ1) is 21.0. The number of ether oxygens (including phenoxy) is 2. The van der Waals surface area contributed by atoms with E-state index in [1.807, 2.05) is 56.0 Å². The molecule has 1 aliphatic rings. The summed E-state index contributed by atoms with van der Waals surface area (Å²) in [5.41, 5.74) is 2.22. The number of hydrogen-bond donors (Lipinski definition) is 0. The maximum Gasteiger partial charge on any atom is 0.410 e. The third-order valence-corrected chi connectivity index (χ3v) is 9.67. The Labute approximate surface area is 266 Å². The first-order valence-corrected chi connectivity index (χ1v) is 15.9. The van der Waals surface area contributed by atoms with E-state index in [0.29, 0.717) is 41.0 Å². The first kappa shape index (κ1) is 31.7. The van der Waals surface area contributed by atoms with Crippen molar-refractivity contribution in [1.82, 2.24) is 14.8 Å². The van der Waals surface area contributed by atoms with E-state index >= 15 is 0 Å². The molecule has 1 fully saturated rings. The van der Waals surface area contributed by atoms with Crippen LogP contribution in [0.4, 0.5) is 9.18 Å². The summed E-state index contributed by atoms with van der Waals surface area (Å²) in [5.74, 6) is -0.0462. The Morgan fingerprint density at radius 2 is 1.70 bits per heavy atom. The summed E-state index contributed by atoms with van der Waals surface area (Å²) in [6, 6.07) is 14.4. The van der Waals surface area contributed by atoms with Crippen molar-refractivity contribution in [2.24, 2.45) is 0 Å². The lowest BCUT2D eigenvalue weighted by Gasteiger charge is -2.40. The third-order valence-electron chi connectivity index (χ3n) is 8.03. The average molecular weight is 638 g/mol. The van der Waals surface area contributed by atoms with Crippen LogP contribution in [0.25, 0.3) is 21.2 Å². The molecule has 0 aliphatic heterocycles. The van der Waals surface area contributed by atoms with E-state index in [1.54, 1.807) is 43.6 Å². The Morgan fingerprint density at radius 1 is 1.02 bits per heavy atom. The van der Waals surface area contributed by atoms with Crippen LogP contribution in [0, 0.1) is 5.82 Å². The summed E-state index contributed by atoms with van der Waals surface area (Å²) in [6.07, 6.45) is 5.87. The molecule has 44 heavy (non-hydrogen) atoms. The molecule has 4 aromatic rings. The van der Waals surface area contributed by atoms with Gasteiger partial charge in [0.05, 0.1) is 12.1 Å². The Morgan fingerprint density at radius 3 is 2.34 bits per heavy atom. The zero-order valence-corrected chi connectivity index (χ0v) is 27.2. The Bertz CT molecular complexity index is 1650. The highest BCUT2D eigenvalue weighted by Crippen LogP contribution is 2.40. The van der Waals surface area contributed by atoms with Gasteiger partial charge in [-0.2, -0.15) is 0 Å². The number of halogens is 2. The van der Waals surface area contributed by atoms with Crippen molar-refractivity contribution in [2.45, 2.75) is 70.7 Å². The van der Waals surface area contributed by atoms with Crippen LogP contribution in [0.1, 0.15) is 61.7 Å². The fraction of sp³-hybridized carbons (Fsp3) is 0.382. The molecule has 1 saturated carbocycles. The number of aromatic nitrogens is 1. The normalized spacial score (nSPS) is 16.9. The molecule has 2 aromatic heterocycles. The van der Waals surface area contributed by atoms with E-state index in [4.69, 9.17) is 21.1 Å². The smallest absolute Gasteiger partial charge is 0.410 e. The van der Waals surface area contributed by atoms with Crippen LogP contribution in [-0.2, 0) is 11.3 Å². The largest absolute Gasteiger partial charge is 0.496 e. The highest BCUT2D eigenvalue weighted by molar-refractivity contribution is 7.21. The van der Waals surface area contributed by atoms with Gasteiger partial charge in [0, 0.05) is 53.7 Å². The molecule has 7 nitrogen and oxygen atoms in total. The summed E-state index contributed by atoms with van der Waals surface area (Å²) in [5, 5.41) is 0.399. The van der Waals surface area contributed by atoms with E-state index in [9.17, 15) is 14.0 Å². The molecule has 232 valence electrons.